The lowest BCUT2D eigenvalue weighted by atomic mass is 9.96. The number of aromatic nitrogens is 1. The largest absolute Gasteiger partial charge is 0.502 e. The minimum atomic E-state index is -0.593. The fourth-order valence-corrected chi connectivity index (χ4v) is 3.87. The number of pyridine rings is 1. The van der Waals surface area contributed by atoms with E-state index in [2.05, 4.69) is 39.9 Å². The van der Waals surface area contributed by atoms with E-state index in [0.717, 1.165) is 30.8 Å². The van der Waals surface area contributed by atoms with E-state index in [-0.39, 0.29) is 11.7 Å². The molecule has 3 N–H and O–H groups in total. The number of hydrogen-bond donors (Lipinski definition) is 3. The van der Waals surface area contributed by atoms with Crippen LogP contribution >= 0.6 is 0 Å². The Balaban J connectivity index is 1.65. The van der Waals surface area contributed by atoms with E-state index in [4.69, 9.17) is 0 Å². The summed E-state index contributed by atoms with van der Waals surface area (Å²) in [7, 11) is 1.46. The number of nitrogens with one attached hydrogen (secondary N) is 2. The van der Waals surface area contributed by atoms with Crippen LogP contribution in [0.3, 0.4) is 0 Å². The van der Waals surface area contributed by atoms with Crippen molar-refractivity contribution in [3.05, 3.63) is 93.9 Å². The van der Waals surface area contributed by atoms with E-state index in [0.29, 0.717) is 0 Å². The van der Waals surface area contributed by atoms with Gasteiger partial charge in [0.1, 0.15) is 0 Å². The second kappa shape index (κ2) is 8.32. The molecule has 0 saturated carbocycles. The van der Waals surface area contributed by atoms with Crippen LogP contribution in [0.25, 0.3) is 0 Å². The second-order valence-electron chi connectivity index (χ2n) is 7.26. The molecule has 1 unspecified atom stereocenters. The standard InChI is InChI=1S/C23H24N4O3/c1-24-23(30)21-22(29)20(28)12-14-27(21)25-18-11-13-26(15-16-7-3-2-4-8-16)19-10-6-5-9-17(18)19/h2-10,12,14,18,25,29H,11,13,15H2,1H3,(H,24,30). The lowest BCUT2D eigenvalue weighted by molar-refractivity contribution is 0.0950. The predicted octanol–water partition coefficient (Wildman–Crippen LogP) is 2.61. The first kappa shape index (κ1) is 19.6. The molecule has 7 heteroatoms. The molecule has 2 heterocycles. The summed E-state index contributed by atoms with van der Waals surface area (Å²) in [5.74, 6) is -1.10. The molecule has 154 valence electrons. The summed E-state index contributed by atoms with van der Waals surface area (Å²) in [6.07, 6.45) is 2.27. The predicted molar refractivity (Wildman–Crippen MR) is 116 cm³/mol. The van der Waals surface area contributed by atoms with Gasteiger partial charge in [0.05, 0.1) is 6.04 Å². The highest BCUT2D eigenvalue weighted by atomic mass is 16.3. The summed E-state index contributed by atoms with van der Waals surface area (Å²) in [4.78, 5) is 26.5. The van der Waals surface area contributed by atoms with Crippen LogP contribution in [0.4, 0.5) is 5.69 Å². The van der Waals surface area contributed by atoms with Gasteiger partial charge in [0.25, 0.3) is 5.91 Å². The summed E-state index contributed by atoms with van der Waals surface area (Å²) in [5, 5.41) is 12.6. The van der Waals surface area contributed by atoms with Crippen molar-refractivity contribution in [3.8, 4) is 5.75 Å². The van der Waals surface area contributed by atoms with Gasteiger partial charge in [-0.05, 0) is 23.6 Å². The van der Waals surface area contributed by atoms with Gasteiger partial charge in [-0.3, -0.25) is 14.3 Å². The molecule has 1 atom stereocenters. The number of anilines is 1. The van der Waals surface area contributed by atoms with Crippen LogP contribution in [-0.2, 0) is 6.54 Å². The number of rotatable bonds is 5. The molecular formula is C23H24N4O3. The number of amides is 1. The number of para-hydroxylation sites is 1. The number of benzene rings is 2. The SMILES string of the molecule is CNC(=O)c1c(O)c(=O)ccn1NC1CCN(Cc2ccccc2)c2ccccc21. The first-order valence-corrected chi connectivity index (χ1v) is 9.89. The normalized spacial score (nSPS) is 15.4. The van der Waals surface area contributed by atoms with Gasteiger partial charge in [-0.25, -0.2) is 0 Å². The van der Waals surface area contributed by atoms with Crippen LogP contribution in [0.15, 0.2) is 71.7 Å². The number of carbonyl (C=O) groups excluding carboxylic acids is 1. The summed E-state index contributed by atoms with van der Waals surface area (Å²) >= 11 is 0. The molecule has 0 bridgehead atoms. The minimum Gasteiger partial charge on any atom is -0.502 e. The number of aromatic hydroxyl groups is 1. The first-order valence-electron chi connectivity index (χ1n) is 9.89. The fraction of sp³-hybridized carbons (Fsp3) is 0.217. The Labute approximate surface area is 174 Å². The molecule has 1 aliphatic heterocycles. The van der Waals surface area contributed by atoms with Crippen molar-refractivity contribution in [1.29, 1.82) is 0 Å². The number of fused-ring (bicyclic) bond motifs is 1. The molecule has 1 aliphatic rings. The number of carbonyl (C=O) groups is 1. The van der Waals surface area contributed by atoms with E-state index in [1.165, 1.54) is 29.6 Å². The molecule has 2 aromatic carbocycles. The summed E-state index contributed by atoms with van der Waals surface area (Å²) in [6.45, 7) is 1.64. The van der Waals surface area contributed by atoms with E-state index >= 15 is 0 Å². The molecular weight excluding hydrogens is 380 g/mol. The van der Waals surface area contributed by atoms with Crippen LogP contribution in [0.2, 0.25) is 0 Å². The van der Waals surface area contributed by atoms with Crippen molar-refractivity contribution >= 4 is 11.6 Å². The van der Waals surface area contributed by atoms with Crippen molar-refractivity contribution in [2.45, 2.75) is 19.0 Å². The number of hydrogen-bond acceptors (Lipinski definition) is 5. The van der Waals surface area contributed by atoms with E-state index in [9.17, 15) is 14.7 Å². The molecule has 0 saturated heterocycles. The average molecular weight is 404 g/mol. The maximum absolute atomic E-state index is 12.3. The third kappa shape index (κ3) is 3.74. The second-order valence-corrected chi connectivity index (χ2v) is 7.26. The van der Waals surface area contributed by atoms with Gasteiger partial charge >= 0.3 is 0 Å². The quantitative estimate of drug-likeness (QED) is 0.609. The highest BCUT2D eigenvalue weighted by Gasteiger charge is 2.26. The molecule has 3 aromatic rings. The Morgan fingerprint density at radius 2 is 1.83 bits per heavy atom. The highest BCUT2D eigenvalue weighted by Crippen LogP contribution is 2.35. The highest BCUT2D eigenvalue weighted by molar-refractivity contribution is 5.95. The monoisotopic (exact) mass is 404 g/mol. The maximum atomic E-state index is 12.3. The van der Waals surface area contributed by atoms with Crippen molar-refractivity contribution in [2.75, 3.05) is 23.9 Å². The van der Waals surface area contributed by atoms with Gasteiger partial charge < -0.3 is 20.7 Å². The molecule has 30 heavy (non-hydrogen) atoms. The van der Waals surface area contributed by atoms with Crippen LogP contribution in [0.1, 0.15) is 34.1 Å². The maximum Gasteiger partial charge on any atom is 0.273 e. The van der Waals surface area contributed by atoms with Crippen molar-refractivity contribution in [1.82, 2.24) is 9.99 Å². The average Bonchev–Trinajstić information content (AvgIpc) is 2.78. The van der Waals surface area contributed by atoms with E-state index in [1.54, 1.807) is 0 Å². The Hall–Kier alpha value is -3.74. The Morgan fingerprint density at radius 3 is 2.60 bits per heavy atom. The topological polar surface area (TPSA) is 86.6 Å². The van der Waals surface area contributed by atoms with Crippen molar-refractivity contribution in [3.63, 3.8) is 0 Å². The van der Waals surface area contributed by atoms with Crippen LogP contribution in [-0.4, -0.2) is 29.3 Å². The van der Waals surface area contributed by atoms with Gasteiger partial charge in [0, 0.05) is 38.1 Å². The molecule has 0 radical (unpaired) electrons. The fourth-order valence-electron chi connectivity index (χ4n) is 3.87. The van der Waals surface area contributed by atoms with E-state index < -0.39 is 17.1 Å². The van der Waals surface area contributed by atoms with Gasteiger partial charge in [0.2, 0.25) is 5.43 Å². The summed E-state index contributed by atoms with van der Waals surface area (Å²) in [5.41, 5.74) is 6.07. The molecule has 1 aromatic heterocycles. The van der Waals surface area contributed by atoms with Crippen LogP contribution in [0.5, 0.6) is 5.75 Å². The zero-order chi connectivity index (χ0) is 21.1. The van der Waals surface area contributed by atoms with Gasteiger partial charge in [-0.2, -0.15) is 0 Å². The Kier molecular flexibility index (Phi) is 5.43. The smallest absolute Gasteiger partial charge is 0.273 e. The van der Waals surface area contributed by atoms with Gasteiger partial charge in [0.15, 0.2) is 11.4 Å². The zero-order valence-electron chi connectivity index (χ0n) is 16.7. The van der Waals surface area contributed by atoms with Gasteiger partial charge in [-0.15, -0.1) is 0 Å². The minimum absolute atomic E-state index is 0.0847. The Bertz CT molecular complexity index is 1110. The summed E-state index contributed by atoms with van der Waals surface area (Å²) < 4.78 is 1.43. The lowest BCUT2D eigenvalue weighted by Gasteiger charge is -2.37. The van der Waals surface area contributed by atoms with E-state index in [1.807, 2.05) is 30.3 Å². The third-order valence-electron chi connectivity index (χ3n) is 5.37. The first-order chi connectivity index (χ1) is 14.6. The van der Waals surface area contributed by atoms with Crippen molar-refractivity contribution < 1.29 is 9.90 Å². The Morgan fingerprint density at radius 1 is 1.10 bits per heavy atom. The molecule has 7 nitrogen and oxygen atoms in total. The molecule has 0 spiro atoms. The zero-order valence-corrected chi connectivity index (χ0v) is 16.7. The van der Waals surface area contributed by atoms with Crippen molar-refractivity contribution in [2.24, 2.45) is 0 Å². The van der Waals surface area contributed by atoms with Gasteiger partial charge in [-0.1, -0.05) is 48.5 Å². The third-order valence-corrected chi connectivity index (χ3v) is 5.37. The lowest BCUT2D eigenvalue weighted by Crippen LogP contribution is -2.37. The molecule has 0 aliphatic carbocycles. The number of nitrogens with zero attached hydrogens (tertiary/aromatic N) is 2. The van der Waals surface area contributed by atoms with Crippen LogP contribution < -0.4 is 21.1 Å². The molecule has 1 amide bonds. The van der Waals surface area contributed by atoms with Crippen LogP contribution in [0, 0.1) is 0 Å². The molecule has 4 rings (SSSR count). The molecule has 0 fully saturated rings. The summed E-state index contributed by atoms with van der Waals surface area (Å²) in [6, 6.07) is 19.6.